The Morgan fingerprint density at radius 3 is 2.90 bits per heavy atom. The SMILES string of the molecule is CC1=C[C@@H]2CN(C(=O)N2OS(=O)(=O)O)[C@@H]1Cn1ccnn1. The highest BCUT2D eigenvalue weighted by atomic mass is 32.3. The van der Waals surface area contributed by atoms with Crippen molar-refractivity contribution in [2.45, 2.75) is 25.6 Å². The molecule has 114 valence electrons. The van der Waals surface area contributed by atoms with E-state index in [1.165, 1.54) is 11.1 Å². The number of hydroxylamine groups is 2. The van der Waals surface area contributed by atoms with Gasteiger partial charge >= 0.3 is 16.4 Å². The van der Waals surface area contributed by atoms with Gasteiger partial charge in [0, 0.05) is 12.7 Å². The quantitative estimate of drug-likeness (QED) is 0.585. The zero-order valence-electron chi connectivity index (χ0n) is 11.0. The molecule has 2 amide bonds. The van der Waals surface area contributed by atoms with Crippen molar-refractivity contribution in [2.75, 3.05) is 6.54 Å². The topological polar surface area (TPSA) is 118 Å². The van der Waals surface area contributed by atoms with Gasteiger partial charge in [0.05, 0.1) is 24.8 Å². The maximum atomic E-state index is 12.2. The third-order valence-corrected chi connectivity index (χ3v) is 3.83. The van der Waals surface area contributed by atoms with Crippen molar-refractivity contribution in [3.8, 4) is 0 Å². The Bertz CT molecular complexity index is 685. The zero-order chi connectivity index (χ0) is 15.2. The Labute approximate surface area is 120 Å². The van der Waals surface area contributed by atoms with Crippen LogP contribution >= 0.6 is 0 Å². The molecule has 1 fully saturated rings. The van der Waals surface area contributed by atoms with Crippen LogP contribution in [0.3, 0.4) is 0 Å². The lowest BCUT2D eigenvalue weighted by molar-refractivity contribution is -0.0186. The van der Waals surface area contributed by atoms with Gasteiger partial charge in [-0.1, -0.05) is 16.9 Å². The summed E-state index contributed by atoms with van der Waals surface area (Å²) in [5, 5.41) is 8.22. The molecule has 0 saturated carbocycles. The van der Waals surface area contributed by atoms with E-state index in [-0.39, 0.29) is 12.6 Å². The van der Waals surface area contributed by atoms with E-state index in [9.17, 15) is 13.2 Å². The molecule has 1 aromatic heterocycles. The van der Waals surface area contributed by atoms with Crippen molar-refractivity contribution in [3.63, 3.8) is 0 Å². The Morgan fingerprint density at radius 2 is 2.29 bits per heavy atom. The van der Waals surface area contributed by atoms with Crippen molar-refractivity contribution >= 4 is 16.4 Å². The number of fused-ring (bicyclic) bond motifs is 2. The predicted octanol–water partition coefficient (Wildman–Crippen LogP) is -0.553. The third-order valence-electron chi connectivity index (χ3n) is 3.48. The lowest BCUT2D eigenvalue weighted by Gasteiger charge is -2.29. The van der Waals surface area contributed by atoms with Gasteiger partial charge in [-0.25, -0.2) is 4.79 Å². The number of carbonyl (C=O) groups is 1. The fourth-order valence-corrected chi connectivity index (χ4v) is 2.98. The molecule has 3 heterocycles. The van der Waals surface area contributed by atoms with Crippen LogP contribution in [0.4, 0.5) is 4.79 Å². The summed E-state index contributed by atoms with van der Waals surface area (Å²) in [7, 11) is -4.74. The van der Waals surface area contributed by atoms with E-state index in [1.54, 1.807) is 17.0 Å². The van der Waals surface area contributed by atoms with Gasteiger partial charge in [-0.2, -0.15) is 13.5 Å². The Balaban J connectivity index is 1.84. The molecule has 10 nitrogen and oxygen atoms in total. The smallest absolute Gasteiger partial charge is 0.312 e. The van der Waals surface area contributed by atoms with Crippen LogP contribution in [-0.2, 0) is 21.2 Å². The second-order valence-corrected chi connectivity index (χ2v) is 5.89. The van der Waals surface area contributed by atoms with Gasteiger partial charge < -0.3 is 4.90 Å². The molecule has 11 heteroatoms. The minimum absolute atomic E-state index is 0.273. The maximum Gasteiger partial charge on any atom is 0.418 e. The normalized spacial score (nSPS) is 25.4. The third kappa shape index (κ3) is 2.62. The number of hydrogen-bond acceptors (Lipinski definition) is 6. The van der Waals surface area contributed by atoms with E-state index >= 15 is 0 Å². The fourth-order valence-electron chi connectivity index (χ4n) is 2.60. The first-order chi connectivity index (χ1) is 9.85. The number of amides is 2. The molecule has 21 heavy (non-hydrogen) atoms. The molecule has 2 atom stereocenters. The largest absolute Gasteiger partial charge is 0.418 e. The molecule has 2 bridgehead atoms. The molecular weight excluding hydrogens is 302 g/mol. The number of nitrogens with zero attached hydrogens (tertiary/aromatic N) is 5. The first-order valence-corrected chi connectivity index (χ1v) is 7.51. The molecule has 2 aliphatic rings. The van der Waals surface area contributed by atoms with Gasteiger partial charge in [0.25, 0.3) is 0 Å². The summed E-state index contributed by atoms with van der Waals surface area (Å²) in [6.45, 7) is 2.52. The molecule has 2 aliphatic heterocycles. The summed E-state index contributed by atoms with van der Waals surface area (Å²) >= 11 is 0. The van der Waals surface area contributed by atoms with E-state index in [4.69, 9.17) is 4.55 Å². The highest BCUT2D eigenvalue weighted by Gasteiger charge is 2.46. The molecule has 0 unspecified atom stereocenters. The van der Waals surface area contributed by atoms with Crippen LogP contribution in [0.5, 0.6) is 0 Å². The number of aromatic nitrogens is 3. The predicted molar refractivity (Wildman–Crippen MR) is 67.9 cm³/mol. The lowest BCUT2D eigenvalue weighted by atomic mass is 10.0. The second-order valence-electron chi connectivity index (χ2n) is 4.88. The van der Waals surface area contributed by atoms with Crippen LogP contribution in [0, 0.1) is 0 Å². The summed E-state index contributed by atoms with van der Waals surface area (Å²) in [6, 6.07) is -1.44. The fraction of sp³-hybridized carbons (Fsp3) is 0.500. The van der Waals surface area contributed by atoms with Crippen LogP contribution in [0.15, 0.2) is 24.0 Å². The molecule has 1 saturated heterocycles. The Hall–Kier alpha value is -1.98. The number of rotatable bonds is 4. The maximum absolute atomic E-state index is 12.2. The summed E-state index contributed by atoms with van der Waals surface area (Å²) in [4.78, 5) is 13.7. The van der Waals surface area contributed by atoms with Gasteiger partial charge in [0.1, 0.15) is 0 Å². The molecule has 1 N–H and O–H groups in total. The average molecular weight is 315 g/mol. The lowest BCUT2D eigenvalue weighted by Crippen LogP contribution is -2.43. The van der Waals surface area contributed by atoms with Gasteiger partial charge in [-0.15, -0.1) is 9.38 Å². The summed E-state index contributed by atoms with van der Waals surface area (Å²) in [5.74, 6) is 0. The van der Waals surface area contributed by atoms with Crippen LogP contribution < -0.4 is 0 Å². The van der Waals surface area contributed by atoms with E-state index in [0.717, 1.165) is 5.57 Å². The monoisotopic (exact) mass is 315 g/mol. The van der Waals surface area contributed by atoms with Crippen molar-refractivity contribution in [1.29, 1.82) is 0 Å². The van der Waals surface area contributed by atoms with E-state index < -0.39 is 22.5 Å². The molecule has 3 rings (SSSR count). The Morgan fingerprint density at radius 1 is 1.52 bits per heavy atom. The van der Waals surface area contributed by atoms with E-state index in [1.807, 2.05) is 6.92 Å². The summed E-state index contributed by atoms with van der Waals surface area (Å²) in [6.07, 6.45) is 4.95. The Kier molecular flexibility index (Phi) is 3.19. The van der Waals surface area contributed by atoms with Crippen LogP contribution in [0.25, 0.3) is 0 Å². The van der Waals surface area contributed by atoms with Crippen molar-refractivity contribution in [1.82, 2.24) is 25.0 Å². The molecule has 1 aromatic rings. The van der Waals surface area contributed by atoms with Crippen molar-refractivity contribution in [2.24, 2.45) is 0 Å². The van der Waals surface area contributed by atoms with Crippen LogP contribution in [0.1, 0.15) is 6.92 Å². The first-order valence-electron chi connectivity index (χ1n) is 6.14. The highest BCUT2D eigenvalue weighted by molar-refractivity contribution is 7.80. The van der Waals surface area contributed by atoms with Crippen molar-refractivity contribution < 1.29 is 22.0 Å². The molecule has 0 aliphatic carbocycles. The number of carbonyl (C=O) groups excluding carboxylic acids is 1. The molecular formula is C10H13N5O5S. The van der Waals surface area contributed by atoms with Gasteiger partial charge in [-0.05, 0) is 6.92 Å². The van der Waals surface area contributed by atoms with Gasteiger partial charge in [0.15, 0.2) is 0 Å². The first kappa shape index (κ1) is 14.0. The van der Waals surface area contributed by atoms with Crippen LogP contribution in [-0.4, -0.2) is 62.6 Å². The minimum atomic E-state index is -4.74. The van der Waals surface area contributed by atoms with E-state index in [2.05, 4.69) is 14.6 Å². The molecule has 0 aromatic carbocycles. The summed E-state index contributed by atoms with van der Waals surface area (Å²) < 4.78 is 36.3. The van der Waals surface area contributed by atoms with Gasteiger partial charge in [-0.3, -0.25) is 9.23 Å². The molecule has 0 radical (unpaired) electrons. The van der Waals surface area contributed by atoms with Crippen molar-refractivity contribution in [3.05, 3.63) is 24.0 Å². The standard InChI is InChI=1S/C10H13N5O5S/c1-7-4-8-5-14(9(7)6-13-3-2-11-12-13)10(16)15(8)20-21(17,18)19/h2-4,8-9H,5-6H2,1H3,(H,17,18,19)/t8-,9-/m1/s1. The highest BCUT2D eigenvalue weighted by Crippen LogP contribution is 2.30. The minimum Gasteiger partial charge on any atom is -0.312 e. The zero-order valence-corrected chi connectivity index (χ0v) is 11.8. The van der Waals surface area contributed by atoms with Gasteiger partial charge in [0.2, 0.25) is 0 Å². The molecule has 0 spiro atoms. The average Bonchev–Trinajstić information content (AvgIpc) is 2.96. The second kappa shape index (κ2) is 4.79. The van der Waals surface area contributed by atoms with Crippen LogP contribution in [0.2, 0.25) is 0 Å². The summed E-state index contributed by atoms with van der Waals surface area (Å²) in [5.41, 5.74) is 0.886. The number of urea groups is 1. The van der Waals surface area contributed by atoms with E-state index in [0.29, 0.717) is 11.6 Å². The number of hydrogen-bond donors (Lipinski definition) is 1.